The fraction of sp³-hybridized carbons (Fsp3) is 0.333. The van der Waals surface area contributed by atoms with Crippen molar-refractivity contribution in [3.8, 4) is 0 Å². The van der Waals surface area contributed by atoms with Crippen molar-refractivity contribution >= 4 is 50.3 Å². The van der Waals surface area contributed by atoms with E-state index in [2.05, 4.69) is 15.0 Å². The molecule has 0 spiro atoms. The van der Waals surface area contributed by atoms with E-state index in [0.29, 0.717) is 12.9 Å². The summed E-state index contributed by atoms with van der Waals surface area (Å²) in [7, 11) is -0.524. The molecule has 0 amide bonds. The molecule has 2 N–H and O–H groups in total. The van der Waals surface area contributed by atoms with Gasteiger partial charge in [-0.1, -0.05) is 17.7 Å². The van der Waals surface area contributed by atoms with E-state index in [1.165, 1.54) is 6.20 Å². The standard InChI is InChI=1S/C18H20ClFN4O4S2/c1-24(2)17-13(4-3-5-15(17)28-10-25)22-14-9-12(20)16(8-11(14)19)30(26,27)23-18-21-6-7-29-18/h3,5-10,13,15,17,22H,4H2,1-2H3,(H,21,23)/t13-,15?,17+/m1/s1. The molecule has 0 fully saturated rings. The quantitative estimate of drug-likeness (QED) is 0.448. The van der Waals surface area contributed by atoms with Crippen LogP contribution in [0.3, 0.4) is 0 Å². The maximum absolute atomic E-state index is 14.7. The molecule has 2 aromatic rings. The van der Waals surface area contributed by atoms with Gasteiger partial charge in [0.2, 0.25) is 0 Å². The number of ether oxygens (including phenoxy) is 1. The fourth-order valence-electron chi connectivity index (χ4n) is 3.32. The third kappa shape index (κ3) is 4.91. The van der Waals surface area contributed by atoms with Crippen LogP contribution in [0.2, 0.25) is 5.02 Å². The largest absolute Gasteiger partial charge is 0.459 e. The molecule has 30 heavy (non-hydrogen) atoms. The lowest BCUT2D eigenvalue weighted by Gasteiger charge is -2.39. The highest BCUT2D eigenvalue weighted by Crippen LogP contribution is 2.32. The van der Waals surface area contributed by atoms with Gasteiger partial charge in [0.15, 0.2) is 5.13 Å². The summed E-state index contributed by atoms with van der Waals surface area (Å²) < 4.78 is 47.1. The van der Waals surface area contributed by atoms with Crippen molar-refractivity contribution < 1.29 is 22.3 Å². The molecular formula is C18H20ClFN4O4S2. The predicted octanol–water partition coefficient (Wildman–Crippen LogP) is 2.95. The van der Waals surface area contributed by atoms with Crippen LogP contribution >= 0.6 is 22.9 Å². The van der Waals surface area contributed by atoms with E-state index in [-0.39, 0.29) is 27.9 Å². The molecule has 3 rings (SSSR count). The number of halogens is 2. The lowest BCUT2D eigenvalue weighted by molar-refractivity contribution is -0.134. The van der Waals surface area contributed by atoms with E-state index in [4.69, 9.17) is 16.3 Å². The summed E-state index contributed by atoms with van der Waals surface area (Å²) in [5, 5.41) is 4.90. The summed E-state index contributed by atoms with van der Waals surface area (Å²) in [6.45, 7) is 0.385. The number of thiazole rings is 1. The number of aromatic nitrogens is 1. The van der Waals surface area contributed by atoms with Gasteiger partial charge in [-0.2, -0.15) is 0 Å². The predicted molar refractivity (Wildman–Crippen MR) is 114 cm³/mol. The number of rotatable bonds is 8. The molecule has 1 aliphatic rings. The van der Waals surface area contributed by atoms with Crippen LogP contribution in [0.4, 0.5) is 15.2 Å². The summed E-state index contributed by atoms with van der Waals surface area (Å²) >= 11 is 7.35. The monoisotopic (exact) mass is 474 g/mol. The molecule has 162 valence electrons. The molecule has 1 aromatic heterocycles. The van der Waals surface area contributed by atoms with Gasteiger partial charge in [0.25, 0.3) is 16.5 Å². The average Bonchev–Trinajstić information content (AvgIpc) is 3.16. The molecule has 0 aliphatic heterocycles. The van der Waals surface area contributed by atoms with Crippen LogP contribution in [-0.4, -0.2) is 57.1 Å². The minimum Gasteiger partial charge on any atom is -0.459 e. The Labute approximate surface area is 182 Å². The van der Waals surface area contributed by atoms with Crippen molar-refractivity contribution in [2.75, 3.05) is 24.1 Å². The Kier molecular flexibility index (Phi) is 6.96. The zero-order chi connectivity index (χ0) is 21.9. The second kappa shape index (κ2) is 9.29. The first kappa shape index (κ1) is 22.5. The summed E-state index contributed by atoms with van der Waals surface area (Å²) in [4.78, 5) is 16.0. The maximum atomic E-state index is 14.7. The molecule has 0 saturated carbocycles. The first-order chi connectivity index (χ1) is 14.2. The summed E-state index contributed by atoms with van der Waals surface area (Å²) in [6.07, 6.45) is 5.16. The van der Waals surface area contributed by atoms with Gasteiger partial charge in [-0.3, -0.25) is 9.52 Å². The Morgan fingerprint density at radius 1 is 1.40 bits per heavy atom. The molecular weight excluding hydrogens is 455 g/mol. The van der Waals surface area contributed by atoms with E-state index >= 15 is 0 Å². The van der Waals surface area contributed by atoms with Gasteiger partial charge in [0.1, 0.15) is 16.8 Å². The van der Waals surface area contributed by atoms with Crippen molar-refractivity contribution in [3.05, 3.63) is 46.7 Å². The normalized spacial score (nSPS) is 21.4. The number of anilines is 2. The van der Waals surface area contributed by atoms with Crippen LogP contribution < -0.4 is 10.0 Å². The Bertz CT molecular complexity index is 1030. The number of hydrogen-bond donors (Lipinski definition) is 2. The van der Waals surface area contributed by atoms with Crippen molar-refractivity contribution in [1.82, 2.24) is 9.88 Å². The summed E-state index contributed by atoms with van der Waals surface area (Å²) in [6, 6.07) is 1.59. The molecule has 8 nitrogen and oxygen atoms in total. The first-order valence-corrected chi connectivity index (χ1v) is 11.6. The third-order valence-corrected chi connectivity index (χ3v) is 7.06. The van der Waals surface area contributed by atoms with Gasteiger partial charge < -0.3 is 15.0 Å². The number of likely N-dealkylation sites (N-methyl/N-ethyl adjacent to an activating group) is 1. The van der Waals surface area contributed by atoms with Gasteiger partial charge in [-0.25, -0.2) is 17.8 Å². The van der Waals surface area contributed by atoms with Crippen molar-refractivity contribution in [2.45, 2.75) is 29.5 Å². The topological polar surface area (TPSA) is 101 Å². The zero-order valence-corrected chi connectivity index (χ0v) is 18.5. The Morgan fingerprint density at radius 3 is 2.80 bits per heavy atom. The Hall–Kier alpha value is -2.21. The number of benzene rings is 1. The van der Waals surface area contributed by atoms with Crippen LogP contribution in [0, 0.1) is 5.82 Å². The van der Waals surface area contributed by atoms with Crippen molar-refractivity contribution in [2.24, 2.45) is 0 Å². The molecule has 0 bridgehead atoms. The van der Waals surface area contributed by atoms with Crippen LogP contribution in [0.25, 0.3) is 0 Å². The number of hydrogen-bond acceptors (Lipinski definition) is 8. The van der Waals surface area contributed by atoms with Crippen LogP contribution in [-0.2, 0) is 19.6 Å². The van der Waals surface area contributed by atoms with Crippen molar-refractivity contribution in [1.29, 1.82) is 0 Å². The highest BCUT2D eigenvalue weighted by Gasteiger charge is 2.34. The smallest absolute Gasteiger partial charge is 0.293 e. The first-order valence-electron chi connectivity index (χ1n) is 8.83. The molecule has 1 unspecified atom stereocenters. The highest BCUT2D eigenvalue weighted by atomic mass is 35.5. The molecule has 1 aliphatic carbocycles. The number of carbonyl (C=O) groups excluding carboxylic acids is 1. The molecule has 12 heteroatoms. The van der Waals surface area contributed by atoms with E-state index in [9.17, 15) is 17.6 Å². The highest BCUT2D eigenvalue weighted by molar-refractivity contribution is 7.93. The minimum absolute atomic E-state index is 0.0378. The second-order valence-corrected chi connectivity index (χ2v) is 9.72. The summed E-state index contributed by atoms with van der Waals surface area (Å²) in [5.74, 6) is -0.959. The zero-order valence-electron chi connectivity index (χ0n) is 16.1. The van der Waals surface area contributed by atoms with E-state index in [1.807, 2.05) is 25.1 Å². The minimum atomic E-state index is -4.19. The van der Waals surface area contributed by atoms with E-state index < -0.39 is 26.8 Å². The second-order valence-electron chi connectivity index (χ2n) is 6.77. The SMILES string of the molecule is CN(C)[C@@H]1C(OC=O)C=CC[C@H]1Nc1cc(F)c(S(=O)(=O)Nc2nccs2)cc1Cl. The number of sulfonamides is 1. The van der Waals surface area contributed by atoms with Crippen molar-refractivity contribution in [3.63, 3.8) is 0 Å². The Morgan fingerprint density at radius 2 is 2.17 bits per heavy atom. The van der Waals surface area contributed by atoms with E-state index in [0.717, 1.165) is 23.5 Å². The van der Waals surface area contributed by atoms with Crippen LogP contribution in [0.15, 0.2) is 40.8 Å². The average molecular weight is 475 g/mol. The van der Waals surface area contributed by atoms with Crippen LogP contribution in [0.5, 0.6) is 0 Å². The van der Waals surface area contributed by atoms with Gasteiger partial charge in [-0.05, 0) is 38.7 Å². The molecule has 0 saturated heterocycles. The van der Waals surface area contributed by atoms with Crippen LogP contribution in [0.1, 0.15) is 6.42 Å². The summed E-state index contributed by atoms with van der Waals surface area (Å²) in [5.41, 5.74) is 0.236. The third-order valence-electron chi connectivity index (χ3n) is 4.58. The Balaban J connectivity index is 1.86. The molecule has 3 atom stereocenters. The number of nitrogens with zero attached hydrogens (tertiary/aromatic N) is 2. The lowest BCUT2D eigenvalue weighted by Crippen LogP contribution is -2.52. The molecule has 0 radical (unpaired) electrons. The van der Waals surface area contributed by atoms with Gasteiger partial charge in [0, 0.05) is 17.6 Å². The lowest BCUT2D eigenvalue weighted by atomic mass is 9.92. The molecule has 1 heterocycles. The molecule has 1 aromatic carbocycles. The van der Waals surface area contributed by atoms with Gasteiger partial charge in [-0.15, -0.1) is 11.3 Å². The fourth-order valence-corrected chi connectivity index (χ4v) is 5.48. The van der Waals surface area contributed by atoms with Gasteiger partial charge in [0.05, 0.1) is 16.8 Å². The number of nitrogens with one attached hydrogen (secondary N) is 2. The van der Waals surface area contributed by atoms with Gasteiger partial charge >= 0.3 is 0 Å². The maximum Gasteiger partial charge on any atom is 0.293 e. The number of carbonyl (C=O) groups is 1. The van der Waals surface area contributed by atoms with E-state index in [1.54, 1.807) is 11.5 Å².